The molecule has 0 aliphatic carbocycles. The van der Waals surface area contributed by atoms with Gasteiger partial charge in [0, 0.05) is 35.4 Å². The lowest BCUT2D eigenvalue weighted by molar-refractivity contribution is 0.0593. The summed E-state index contributed by atoms with van der Waals surface area (Å²) >= 11 is 0. The lowest BCUT2D eigenvalue weighted by Crippen LogP contribution is -2.38. The van der Waals surface area contributed by atoms with E-state index in [4.69, 9.17) is 0 Å². The SMILES string of the molecule is COC(=O)c1cnc(N2CCS(=O)CC2)cn1. The zero-order chi connectivity index (χ0) is 12.3. The van der Waals surface area contributed by atoms with E-state index in [0.717, 1.165) is 0 Å². The Labute approximate surface area is 101 Å². The van der Waals surface area contributed by atoms with Crippen LogP contribution >= 0.6 is 0 Å². The summed E-state index contributed by atoms with van der Waals surface area (Å²) in [5.74, 6) is 1.51. The molecule has 0 saturated carbocycles. The molecule has 1 aliphatic rings. The van der Waals surface area contributed by atoms with Crippen molar-refractivity contribution in [1.29, 1.82) is 0 Å². The number of methoxy groups -OCH3 is 1. The molecule has 2 heterocycles. The number of hydrogen-bond donors (Lipinski definition) is 0. The van der Waals surface area contributed by atoms with E-state index in [1.807, 2.05) is 4.90 Å². The highest BCUT2D eigenvalue weighted by Crippen LogP contribution is 2.12. The van der Waals surface area contributed by atoms with Gasteiger partial charge in [-0.2, -0.15) is 0 Å². The summed E-state index contributed by atoms with van der Waals surface area (Å²) < 4.78 is 15.7. The Bertz CT molecular complexity index is 425. The lowest BCUT2D eigenvalue weighted by Gasteiger charge is -2.26. The minimum atomic E-state index is -0.712. The molecule has 0 atom stereocenters. The summed E-state index contributed by atoms with van der Waals surface area (Å²) in [6, 6.07) is 0. The largest absolute Gasteiger partial charge is 0.464 e. The third kappa shape index (κ3) is 2.79. The van der Waals surface area contributed by atoms with E-state index in [9.17, 15) is 9.00 Å². The maximum atomic E-state index is 11.2. The Morgan fingerprint density at radius 2 is 2.06 bits per heavy atom. The molecule has 6 nitrogen and oxygen atoms in total. The van der Waals surface area contributed by atoms with Gasteiger partial charge in [0.25, 0.3) is 0 Å². The fourth-order valence-electron chi connectivity index (χ4n) is 1.56. The van der Waals surface area contributed by atoms with E-state index in [1.165, 1.54) is 13.3 Å². The van der Waals surface area contributed by atoms with Crippen LogP contribution in [-0.4, -0.2) is 51.9 Å². The number of carbonyl (C=O) groups is 1. The summed E-state index contributed by atoms with van der Waals surface area (Å²) in [5.41, 5.74) is 0.192. The first-order chi connectivity index (χ1) is 8.20. The highest BCUT2D eigenvalue weighted by molar-refractivity contribution is 7.85. The standard InChI is InChI=1S/C10H13N3O3S/c1-16-10(14)8-6-12-9(7-11-8)13-2-4-17(15)5-3-13/h6-7H,2-5H2,1H3. The van der Waals surface area contributed by atoms with Crippen LogP contribution in [0.1, 0.15) is 10.5 Å². The molecule has 0 radical (unpaired) electrons. The number of carbonyl (C=O) groups excluding carboxylic acids is 1. The monoisotopic (exact) mass is 255 g/mol. The van der Waals surface area contributed by atoms with E-state index < -0.39 is 16.8 Å². The molecule has 0 N–H and O–H groups in total. The van der Waals surface area contributed by atoms with E-state index in [0.29, 0.717) is 30.4 Å². The molecular formula is C10H13N3O3S. The smallest absolute Gasteiger partial charge is 0.358 e. The van der Waals surface area contributed by atoms with Crippen LogP contribution in [0.4, 0.5) is 5.82 Å². The zero-order valence-electron chi connectivity index (χ0n) is 9.46. The zero-order valence-corrected chi connectivity index (χ0v) is 10.3. The summed E-state index contributed by atoms with van der Waals surface area (Å²) in [7, 11) is 0.592. The average molecular weight is 255 g/mol. The minimum absolute atomic E-state index is 0.192. The van der Waals surface area contributed by atoms with Gasteiger partial charge in [-0.25, -0.2) is 14.8 Å². The van der Waals surface area contributed by atoms with Gasteiger partial charge in [0.15, 0.2) is 5.69 Å². The predicted molar refractivity (Wildman–Crippen MR) is 63.5 cm³/mol. The van der Waals surface area contributed by atoms with Crippen LogP contribution in [0.25, 0.3) is 0 Å². The predicted octanol–water partition coefficient (Wildman–Crippen LogP) is -0.168. The van der Waals surface area contributed by atoms with Crippen molar-refractivity contribution in [2.24, 2.45) is 0 Å². The van der Waals surface area contributed by atoms with Gasteiger partial charge in [-0.15, -0.1) is 0 Å². The third-order valence-corrected chi connectivity index (χ3v) is 3.81. The maximum Gasteiger partial charge on any atom is 0.358 e. The Morgan fingerprint density at radius 1 is 1.35 bits per heavy atom. The first-order valence-corrected chi connectivity index (χ1v) is 6.70. The van der Waals surface area contributed by atoms with E-state index in [-0.39, 0.29) is 5.69 Å². The van der Waals surface area contributed by atoms with Crippen LogP contribution in [0.2, 0.25) is 0 Å². The third-order valence-electron chi connectivity index (χ3n) is 2.53. The van der Waals surface area contributed by atoms with Crippen molar-refractivity contribution in [2.75, 3.05) is 36.6 Å². The molecule has 1 fully saturated rings. The molecule has 1 aliphatic heterocycles. The first-order valence-electron chi connectivity index (χ1n) is 5.21. The van der Waals surface area contributed by atoms with Crippen LogP contribution in [-0.2, 0) is 15.5 Å². The van der Waals surface area contributed by atoms with Gasteiger partial charge in [0.1, 0.15) is 5.82 Å². The topological polar surface area (TPSA) is 72.4 Å². The van der Waals surface area contributed by atoms with Gasteiger partial charge in [0.05, 0.1) is 19.5 Å². The summed E-state index contributed by atoms with van der Waals surface area (Å²) in [6.07, 6.45) is 2.94. The fraction of sp³-hybridized carbons (Fsp3) is 0.500. The first kappa shape index (κ1) is 12.0. The van der Waals surface area contributed by atoms with Crippen molar-refractivity contribution in [3.8, 4) is 0 Å². The number of ether oxygens (including phenoxy) is 1. The van der Waals surface area contributed by atoms with E-state index in [1.54, 1.807) is 6.20 Å². The molecule has 0 spiro atoms. The van der Waals surface area contributed by atoms with Crippen molar-refractivity contribution >= 4 is 22.6 Å². The molecule has 1 saturated heterocycles. The van der Waals surface area contributed by atoms with E-state index in [2.05, 4.69) is 14.7 Å². The molecule has 7 heteroatoms. The van der Waals surface area contributed by atoms with Gasteiger partial charge >= 0.3 is 5.97 Å². The molecule has 92 valence electrons. The summed E-state index contributed by atoms with van der Waals surface area (Å²) in [6.45, 7) is 1.41. The van der Waals surface area contributed by atoms with Crippen LogP contribution in [0, 0.1) is 0 Å². The van der Waals surface area contributed by atoms with Crippen molar-refractivity contribution in [1.82, 2.24) is 9.97 Å². The number of aromatic nitrogens is 2. The molecule has 17 heavy (non-hydrogen) atoms. The molecule has 0 aromatic carbocycles. The Hall–Kier alpha value is -1.50. The number of anilines is 1. The highest BCUT2D eigenvalue weighted by Gasteiger charge is 2.17. The second kappa shape index (κ2) is 5.22. The lowest BCUT2D eigenvalue weighted by atomic mass is 10.4. The molecule has 1 aromatic rings. The normalized spacial score (nSPS) is 16.9. The number of esters is 1. The molecule has 0 unspecified atom stereocenters. The number of rotatable bonds is 2. The molecule has 0 amide bonds. The quantitative estimate of drug-likeness (QED) is 0.683. The van der Waals surface area contributed by atoms with Gasteiger partial charge in [-0.05, 0) is 0 Å². The summed E-state index contributed by atoms with van der Waals surface area (Å²) in [5, 5.41) is 0. The summed E-state index contributed by atoms with van der Waals surface area (Å²) in [4.78, 5) is 21.3. The molecule has 0 bridgehead atoms. The fourth-order valence-corrected chi connectivity index (χ4v) is 2.61. The number of nitrogens with zero attached hydrogens (tertiary/aromatic N) is 3. The van der Waals surface area contributed by atoms with Crippen LogP contribution < -0.4 is 4.90 Å². The van der Waals surface area contributed by atoms with Crippen molar-refractivity contribution in [3.05, 3.63) is 18.1 Å². The highest BCUT2D eigenvalue weighted by atomic mass is 32.2. The Kier molecular flexibility index (Phi) is 3.68. The molecular weight excluding hydrogens is 242 g/mol. The molecule has 2 rings (SSSR count). The van der Waals surface area contributed by atoms with Crippen LogP contribution in [0.5, 0.6) is 0 Å². The van der Waals surface area contributed by atoms with Gasteiger partial charge in [-0.3, -0.25) is 4.21 Å². The van der Waals surface area contributed by atoms with Crippen LogP contribution in [0.3, 0.4) is 0 Å². The molecule has 1 aromatic heterocycles. The average Bonchev–Trinajstić information content (AvgIpc) is 2.39. The second-order valence-corrected chi connectivity index (χ2v) is 5.28. The van der Waals surface area contributed by atoms with Crippen molar-refractivity contribution in [3.63, 3.8) is 0 Å². The van der Waals surface area contributed by atoms with E-state index >= 15 is 0 Å². The van der Waals surface area contributed by atoms with Gasteiger partial charge in [-0.1, -0.05) is 0 Å². The maximum absolute atomic E-state index is 11.2. The minimum Gasteiger partial charge on any atom is -0.464 e. The van der Waals surface area contributed by atoms with Crippen LogP contribution in [0.15, 0.2) is 12.4 Å². The second-order valence-electron chi connectivity index (χ2n) is 3.59. The van der Waals surface area contributed by atoms with Crippen molar-refractivity contribution < 1.29 is 13.7 Å². The van der Waals surface area contributed by atoms with Crippen molar-refractivity contribution in [2.45, 2.75) is 0 Å². The number of hydrogen-bond acceptors (Lipinski definition) is 6. The Morgan fingerprint density at radius 3 is 2.59 bits per heavy atom. The Balaban J connectivity index is 2.07. The van der Waals surface area contributed by atoms with Gasteiger partial charge < -0.3 is 9.64 Å². The van der Waals surface area contributed by atoms with Gasteiger partial charge in [0.2, 0.25) is 0 Å².